The van der Waals surface area contributed by atoms with Crippen LogP contribution in [0.4, 0.5) is 0 Å². The molecule has 1 saturated heterocycles. The van der Waals surface area contributed by atoms with Crippen LogP contribution in [0.15, 0.2) is 43.0 Å². The molecule has 0 bridgehead atoms. The molecule has 1 amide bonds. The number of carbonyl (C=O) groups excluding carboxylic acids is 1. The number of likely N-dealkylation sites (tertiary alicyclic amines) is 1. The van der Waals surface area contributed by atoms with Gasteiger partial charge >= 0.3 is 0 Å². The summed E-state index contributed by atoms with van der Waals surface area (Å²) in [5, 5.41) is 0. The molecule has 2 heterocycles. The summed E-state index contributed by atoms with van der Waals surface area (Å²) in [6.07, 6.45) is 6.32. The van der Waals surface area contributed by atoms with E-state index >= 15 is 0 Å². The molecule has 0 aliphatic carbocycles. The van der Waals surface area contributed by atoms with Crippen LogP contribution in [0.25, 0.3) is 5.69 Å². The number of imidazole rings is 1. The summed E-state index contributed by atoms with van der Waals surface area (Å²) >= 11 is 0. The maximum atomic E-state index is 12.5. The molecule has 5 nitrogen and oxygen atoms in total. The van der Waals surface area contributed by atoms with Gasteiger partial charge in [0.2, 0.25) is 0 Å². The molecular formula is C15H18N4O. The van der Waals surface area contributed by atoms with Gasteiger partial charge in [-0.05, 0) is 37.1 Å². The number of aromatic nitrogens is 2. The number of benzene rings is 1. The van der Waals surface area contributed by atoms with Gasteiger partial charge in [0, 0.05) is 36.7 Å². The number of nitrogens with two attached hydrogens (primary N) is 1. The molecule has 0 unspecified atom stereocenters. The van der Waals surface area contributed by atoms with Crippen molar-refractivity contribution in [3.8, 4) is 5.69 Å². The Morgan fingerprint density at radius 3 is 3.05 bits per heavy atom. The molecule has 1 atom stereocenters. The Morgan fingerprint density at radius 1 is 1.45 bits per heavy atom. The minimum absolute atomic E-state index is 0.0860. The Kier molecular flexibility index (Phi) is 3.52. The molecule has 1 aromatic heterocycles. The summed E-state index contributed by atoms with van der Waals surface area (Å²) in [4.78, 5) is 18.4. The fourth-order valence-electron chi connectivity index (χ4n) is 2.60. The van der Waals surface area contributed by atoms with Crippen LogP contribution in [0.1, 0.15) is 16.8 Å². The van der Waals surface area contributed by atoms with E-state index in [1.54, 1.807) is 12.5 Å². The van der Waals surface area contributed by atoms with Crippen molar-refractivity contribution >= 4 is 5.91 Å². The molecule has 0 saturated carbocycles. The van der Waals surface area contributed by atoms with Gasteiger partial charge in [-0.25, -0.2) is 4.98 Å². The van der Waals surface area contributed by atoms with E-state index in [9.17, 15) is 4.79 Å². The van der Waals surface area contributed by atoms with Crippen molar-refractivity contribution in [2.75, 3.05) is 19.6 Å². The number of amides is 1. The maximum absolute atomic E-state index is 12.5. The van der Waals surface area contributed by atoms with E-state index in [0.717, 1.165) is 25.2 Å². The molecule has 1 fully saturated rings. The molecule has 0 radical (unpaired) electrons. The fraction of sp³-hybridized carbons (Fsp3) is 0.333. The third-order valence-corrected chi connectivity index (χ3v) is 3.80. The van der Waals surface area contributed by atoms with Crippen LogP contribution in [-0.2, 0) is 0 Å². The number of rotatable bonds is 3. The smallest absolute Gasteiger partial charge is 0.253 e. The van der Waals surface area contributed by atoms with Crippen molar-refractivity contribution in [1.82, 2.24) is 14.5 Å². The van der Waals surface area contributed by atoms with Gasteiger partial charge in [-0.2, -0.15) is 0 Å². The number of hydrogen-bond donors (Lipinski definition) is 1. The lowest BCUT2D eigenvalue weighted by molar-refractivity contribution is 0.0787. The van der Waals surface area contributed by atoms with E-state index in [4.69, 9.17) is 5.73 Å². The molecule has 104 valence electrons. The number of hydrogen-bond acceptors (Lipinski definition) is 3. The Bertz CT molecular complexity index is 594. The molecule has 2 N–H and O–H groups in total. The highest BCUT2D eigenvalue weighted by Gasteiger charge is 2.26. The van der Waals surface area contributed by atoms with Crippen LogP contribution >= 0.6 is 0 Å². The summed E-state index contributed by atoms with van der Waals surface area (Å²) in [5.41, 5.74) is 7.34. The zero-order valence-electron chi connectivity index (χ0n) is 11.3. The summed E-state index contributed by atoms with van der Waals surface area (Å²) in [7, 11) is 0. The second-order valence-electron chi connectivity index (χ2n) is 5.16. The van der Waals surface area contributed by atoms with Gasteiger partial charge in [0.05, 0.1) is 6.33 Å². The normalized spacial score (nSPS) is 18.4. The van der Waals surface area contributed by atoms with E-state index < -0.39 is 0 Å². The minimum atomic E-state index is 0.0860. The molecule has 1 aliphatic rings. The Hall–Kier alpha value is -2.14. The fourth-order valence-corrected chi connectivity index (χ4v) is 2.60. The summed E-state index contributed by atoms with van der Waals surface area (Å²) in [6, 6.07) is 7.63. The Morgan fingerprint density at radius 2 is 2.35 bits per heavy atom. The first-order valence-electron chi connectivity index (χ1n) is 6.85. The summed E-state index contributed by atoms with van der Waals surface area (Å²) in [5.74, 6) is 0.527. The van der Waals surface area contributed by atoms with Crippen LogP contribution in [0.3, 0.4) is 0 Å². The lowest BCUT2D eigenvalue weighted by Gasteiger charge is -2.16. The van der Waals surface area contributed by atoms with E-state index in [1.165, 1.54) is 0 Å². The van der Waals surface area contributed by atoms with Crippen molar-refractivity contribution in [2.24, 2.45) is 11.7 Å². The molecular weight excluding hydrogens is 252 g/mol. The standard InChI is InChI=1S/C15H18N4O/c16-9-12-4-6-18(10-12)15(20)13-2-1-3-14(8-13)19-7-5-17-11-19/h1-3,5,7-8,11-12H,4,6,9-10,16H2/t12-/m1/s1. The second kappa shape index (κ2) is 5.46. The zero-order valence-corrected chi connectivity index (χ0v) is 11.3. The van der Waals surface area contributed by atoms with Gasteiger partial charge in [0.15, 0.2) is 0 Å². The van der Waals surface area contributed by atoms with Crippen LogP contribution in [0, 0.1) is 5.92 Å². The lowest BCUT2D eigenvalue weighted by atomic mass is 10.1. The van der Waals surface area contributed by atoms with Crippen molar-refractivity contribution in [2.45, 2.75) is 6.42 Å². The molecule has 1 aliphatic heterocycles. The SMILES string of the molecule is NC[C@H]1CCN(C(=O)c2cccc(-n3ccnc3)c2)C1. The van der Waals surface area contributed by atoms with Gasteiger partial charge < -0.3 is 15.2 Å². The first kappa shape index (κ1) is 12.9. The number of carbonyl (C=O) groups is 1. The van der Waals surface area contributed by atoms with Crippen molar-refractivity contribution in [3.05, 3.63) is 48.5 Å². The summed E-state index contributed by atoms with van der Waals surface area (Å²) < 4.78 is 1.89. The van der Waals surface area contributed by atoms with Gasteiger partial charge in [-0.15, -0.1) is 0 Å². The van der Waals surface area contributed by atoms with Crippen LogP contribution in [-0.4, -0.2) is 40.0 Å². The topological polar surface area (TPSA) is 64.2 Å². The van der Waals surface area contributed by atoms with Gasteiger partial charge in [0.25, 0.3) is 5.91 Å². The molecule has 2 aromatic rings. The highest BCUT2D eigenvalue weighted by molar-refractivity contribution is 5.95. The third-order valence-electron chi connectivity index (χ3n) is 3.80. The highest BCUT2D eigenvalue weighted by atomic mass is 16.2. The van der Waals surface area contributed by atoms with E-state index in [1.807, 2.05) is 39.9 Å². The Labute approximate surface area is 118 Å². The molecule has 5 heteroatoms. The highest BCUT2D eigenvalue weighted by Crippen LogP contribution is 2.19. The lowest BCUT2D eigenvalue weighted by Crippen LogP contribution is -2.29. The quantitative estimate of drug-likeness (QED) is 0.914. The molecule has 20 heavy (non-hydrogen) atoms. The third kappa shape index (κ3) is 2.44. The van der Waals surface area contributed by atoms with Crippen LogP contribution < -0.4 is 5.73 Å². The van der Waals surface area contributed by atoms with Crippen molar-refractivity contribution in [3.63, 3.8) is 0 Å². The largest absolute Gasteiger partial charge is 0.338 e. The predicted molar refractivity (Wildman–Crippen MR) is 76.6 cm³/mol. The summed E-state index contributed by atoms with van der Waals surface area (Å²) in [6.45, 7) is 2.22. The molecule has 1 aromatic carbocycles. The average molecular weight is 270 g/mol. The average Bonchev–Trinajstić information content (AvgIpc) is 3.17. The molecule has 3 rings (SSSR count). The first-order chi connectivity index (χ1) is 9.78. The maximum Gasteiger partial charge on any atom is 0.253 e. The minimum Gasteiger partial charge on any atom is -0.338 e. The first-order valence-corrected chi connectivity index (χ1v) is 6.85. The predicted octanol–water partition coefficient (Wildman–Crippen LogP) is 1.29. The van der Waals surface area contributed by atoms with E-state index in [-0.39, 0.29) is 5.91 Å². The Balaban J connectivity index is 1.80. The van der Waals surface area contributed by atoms with Crippen LogP contribution in [0.2, 0.25) is 0 Å². The van der Waals surface area contributed by atoms with Crippen LogP contribution in [0.5, 0.6) is 0 Å². The molecule has 0 spiro atoms. The van der Waals surface area contributed by atoms with E-state index in [0.29, 0.717) is 18.0 Å². The van der Waals surface area contributed by atoms with Crippen molar-refractivity contribution < 1.29 is 4.79 Å². The van der Waals surface area contributed by atoms with Gasteiger partial charge in [0.1, 0.15) is 0 Å². The second-order valence-corrected chi connectivity index (χ2v) is 5.16. The zero-order chi connectivity index (χ0) is 13.9. The number of nitrogens with zero attached hydrogens (tertiary/aromatic N) is 3. The monoisotopic (exact) mass is 270 g/mol. The van der Waals surface area contributed by atoms with Gasteiger partial charge in [-0.1, -0.05) is 6.07 Å². The van der Waals surface area contributed by atoms with Crippen molar-refractivity contribution in [1.29, 1.82) is 0 Å². The van der Waals surface area contributed by atoms with E-state index in [2.05, 4.69) is 4.98 Å². The van der Waals surface area contributed by atoms with Gasteiger partial charge in [-0.3, -0.25) is 4.79 Å².